The molecule has 0 aliphatic carbocycles. The molecule has 0 spiro atoms. The Labute approximate surface area is 124 Å². The number of aryl methyl sites for hydroxylation is 1. The number of oxime groups is 1. The van der Waals surface area contributed by atoms with Crippen molar-refractivity contribution in [1.29, 1.82) is 0 Å². The van der Waals surface area contributed by atoms with Gasteiger partial charge < -0.3 is 4.84 Å². The maximum absolute atomic E-state index is 12.5. The first-order valence-electron chi connectivity index (χ1n) is 6.70. The van der Waals surface area contributed by atoms with Gasteiger partial charge in [-0.05, 0) is 31.9 Å². The van der Waals surface area contributed by atoms with E-state index in [2.05, 4.69) is 9.99 Å². The lowest BCUT2D eigenvalue weighted by molar-refractivity contribution is -0.141. The predicted molar refractivity (Wildman–Crippen MR) is 78.4 cm³/mol. The summed E-state index contributed by atoms with van der Waals surface area (Å²) in [7, 11) is -3.54. The fourth-order valence-electron chi connectivity index (χ4n) is 2.09. The monoisotopic (exact) mass is 310 g/mol. The summed E-state index contributed by atoms with van der Waals surface area (Å²) in [5.41, 5.74) is 1.57. The van der Waals surface area contributed by atoms with E-state index < -0.39 is 16.0 Å². The number of nitrogens with zero attached hydrogens (tertiary/aromatic N) is 2. The van der Waals surface area contributed by atoms with E-state index in [-0.39, 0.29) is 11.4 Å². The molecule has 1 aromatic rings. The zero-order valence-electron chi connectivity index (χ0n) is 12.1. The zero-order chi connectivity index (χ0) is 15.5. The third-order valence-corrected chi connectivity index (χ3v) is 5.05. The predicted octanol–water partition coefficient (Wildman–Crippen LogP) is 1.70. The first-order valence-corrected chi connectivity index (χ1v) is 8.14. The minimum absolute atomic E-state index is 0.156. The fraction of sp³-hybridized carbons (Fsp3) is 0.429. The molecule has 0 N–H and O–H groups in total. The van der Waals surface area contributed by atoms with Crippen molar-refractivity contribution in [3.8, 4) is 0 Å². The molecule has 0 amide bonds. The van der Waals surface area contributed by atoms with Crippen LogP contribution in [0.3, 0.4) is 0 Å². The number of piperidine rings is 1. The molecule has 1 aromatic carbocycles. The van der Waals surface area contributed by atoms with E-state index in [1.165, 1.54) is 11.2 Å². The average Bonchev–Trinajstić information content (AvgIpc) is 2.46. The van der Waals surface area contributed by atoms with Crippen LogP contribution in [0.25, 0.3) is 0 Å². The van der Waals surface area contributed by atoms with Crippen LogP contribution in [0.15, 0.2) is 34.3 Å². The Morgan fingerprint density at radius 1 is 1.29 bits per heavy atom. The van der Waals surface area contributed by atoms with Gasteiger partial charge in [-0.25, -0.2) is 13.2 Å². The van der Waals surface area contributed by atoms with Gasteiger partial charge in [0.15, 0.2) is 0 Å². The zero-order valence-corrected chi connectivity index (χ0v) is 12.9. The van der Waals surface area contributed by atoms with Crippen LogP contribution in [0.1, 0.15) is 25.3 Å². The highest BCUT2D eigenvalue weighted by molar-refractivity contribution is 7.89. The molecular formula is C14H18N2O4S. The van der Waals surface area contributed by atoms with E-state index in [1.807, 2.05) is 6.92 Å². The fourth-order valence-corrected chi connectivity index (χ4v) is 3.56. The minimum Gasteiger partial charge on any atom is -0.319 e. The molecule has 0 radical (unpaired) electrons. The van der Waals surface area contributed by atoms with Crippen LogP contribution in [0, 0.1) is 6.92 Å². The Kier molecular flexibility index (Phi) is 4.74. The molecule has 1 heterocycles. The maximum Gasteiger partial charge on any atom is 0.331 e. The molecular weight excluding hydrogens is 292 g/mol. The largest absolute Gasteiger partial charge is 0.331 e. The molecule has 21 heavy (non-hydrogen) atoms. The van der Waals surface area contributed by atoms with Gasteiger partial charge in [0.2, 0.25) is 10.0 Å². The van der Waals surface area contributed by atoms with Gasteiger partial charge in [-0.2, -0.15) is 4.31 Å². The molecule has 6 nitrogen and oxygen atoms in total. The molecule has 0 saturated carbocycles. The summed E-state index contributed by atoms with van der Waals surface area (Å²) in [6.45, 7) is 3.76. The number of carbonyl (C=O) groups excluding carboxylic acids is 1. The number of carbonyl (C=O) groups is 1. The molecule has 2 rings (SSSR count). The molecule has 0 bridgehead atoms. The van der Waals surface area contributed by atoms with Gasteiger partial charge >= 0.3 is 5.97 Å². The average molecular weight is 310 g/mol. The van der Waals surface area contributed by atoms with E-state index in [0.717, 1.165) is 5.56 Å². The summed E-state index contributed by atoms with van der Waals surface area (Å²) < 4.78 is 26.5. The molecule has 7 heteroatoms. The lowest BCUT2D eigenvalue weighted by atomic mass is 10.1. The molecule has 0 unspecified atom stereocenters. The normalized spacial score (nSPS) is 18.7. The Hall–Kier alpha value is -1.73. The molecule has 1 aliphatic heterocycles. The number of benzene rings is 1. The van der Waals surface area contributed by atoms with Gasteiger partial charge in [-0.1, -0.05) is 22.9 Å². The summed E-state index contributed by atoms with van der Waals surface area (Å²) in [5.74, 6) is -0.513. The molecule has 1 aliphatic rings. The van der Waals surface area contributed by atoms with Gasteiger partial charge in [0.05, 0.1) is 17.2 Å². The summed E-state index contributed by atoms with van der Waals surface area (Å²) >= 11 is 0. The van der Waals surface area contributed by atoms with Crippen molar-refractivity contribution in [1.82, 2.24) is 4.31 Å². The van der Waals surface area contributed by atoms with Crippen LogP contribution >= 0.6 is 0 Å². The van der Waals surface area contributed by atoms with Crippen molar-refractivity contribution >= 4 is 21.7 Å². The second-order valence-electron chi connectivity index (χ2n) is 5.00. The van der Waals surface area contributed by atoms with Gasteiger partial charge in [0, 0.05) is 13.5 Å². The quantitative estimate of drug-likeness (QED) is 0.629. The van der Waals surface area contributed by atoms with Gasteiger partial charge in [0.1, 0.15) is 0 Å². The Bertz CT molecular complexity index is 650. The number of sulfonamides is 1. The van der Waals surface area contributed by atoms with Gasteiger partial charge in [-0.3, -0.25) is 0 Å². The van der Waals surface area contributed by atoms with E-state index in [9.17, 15) is 13.2 Å². The lowest BCUT2D eigenvalue weighted by Crippen LogP contribution is -2.40. The van der Waals surface area contributed by atoms with Crippen molar-refractivity contribution < 1.29 is 18.0 Å². The van der Waals surface area contributed by atoms with Crippen LogP contribution in [-0.2, 0) is 19.7 Å². The molecule has 0 aromatic heterocycles. The van der Waals surface area contributed by atoms with Gasteiger partial charge in [-0.15, -0.1) is 0 Å². The highest BCUT2D eigenvalue weighted by Crippen LogP contribution is 2.20. The van der Waals surface area contributed by atoms with E-state index in [1.54, 1.807) is 24.3 Å². The van der Waals surface area contributed by atoms with Crippen LogP contribution in [-0.4, -0.2) is 37.5 Å². The van der Waals surface area contributed by atoms with Crippen LogP contribution in [0.5, 0.6) is 0 Å². The minimum atomic E-state index is -3.54. The van der Waals surface area contributed by atoms with Crippen LogP contribution in [0.4, 0.5) is 0 Å². The maximum atomic E-state index is 12.5. The highest BCUT2D eigenvalue weighted by atomic mass is 32.2. The van der Waals surface area contributed by atoms with E-state index in [4.69, 9.17) is 0 Å². The summed E-state index contributed by atoms with van der Waals surface area (Å²) in [5, 5.41) is 3.72. The summed E-state index contributed by atoms with van der Waals surface area (Å²) in [6.07, 6.45) is 1.29. The van der Waals surface area contributed by atoms with Gasteiger partial charge in [0.25, 0.3) is 0 Å². The highest BCUT2D eigenvalue weighted by Gasteiger charge is 2.28. The SMILES string of the molecule is CC(=O)O/N=C1/CCCN(S(=O)(=O)c2ccc(C)cc2)C1. The van der Waals surface area contributed by atoms with Crippen molar-refractivity contribution in [2.24, 2.45) is 5.16 Å². The van der Waals surface area contributed by atoms with E-state index in [0.29, 0.717) is 25.1 Å². The summed E-state index contributed by atoms with van der Waals surface area (Å²) in [4.78, 5) is 15.6. The lowest BCUT2D eigenvalue weighted by Gasteiger charge is -2.26. The van der Waals surface area contributed by atoms with Crippen molar-refractivity contribution in [3.05, 3.63) is 29.8 Å². The Morgan fingerprint density at radius 2 is 1.95 bits per heavy atom. The second kappa shape index (κ2) is 6.36. The Balaban J connectivity index is 2.18. The topological polar surface area (TPSA) is 76.0 Å². The first kappa shape index (κ1) is 15.7. The number of rotatable bonds is 3. The van der Waals surface area contributed by atoms with Crippen LogP contribution in [0.2, 0.25) is 0 Å². The molecule has 0 atom stereocenters. The van der Waals surface area contributed by atoms with E-state index >= 15 is 0 Å². The Morgan fingerprint density at radius 3 is 2.57 bits per heavy atom. The molecule has 114 valence electrons. The van der Waals surface area contributed by atoms with Crippen LogP contribution < -0.4 is 0 Å². The second-order valence-corrected chi connectivity index (χ2v) is 6.93. The smallest absolute Gasteiger partial charge is 0.319 e. The van der Waals surface area contributed by atoms with Crippen molar-refractivity contribution in [3.63, 3.8) is 0 Å². The third kappa shape index (κ3) is 3.89. The summed E-state index contributed by atoms with van der Waals surface area (Å²) in [6, 6.07) is 6.74. The molecule has 1 saturated heterocycles. The van der Waals surface area contributed by atoms with Crippen molar-refractivity contribution in [2.75, 3.05) is 13.1 Å². The third-order valence-electron chi connectivity index (χ3n) is 3.19. The number of hydrogen-bond donors (Lipinski definition) is 0. The van der Waals surface area contributed by atoms with Crippen molar-refractivity contribution in [2.45, 2.75) is 31.6 Å². The number of hydrogen-bond acceptors (Lipinski definition) is 5. The first-order chi connectivity index (χ1) is 9.89. The molecule has 1 fully saturated rings. The standard InChI is InChI=1S/C14H18N2O4S/c1-11-5-7-14(8-6-11)21(18,19)16-9-3-4-13(10-16)15-20-12(2)17/h5-8H,3-4,9-10H2,1-2H3/b15-13-.